The lowest BCUT2D eigenvalue weighted by Crippen LogP contribution is -2.49. The summed E-state index contributed by atoms with van der Waals surface area (Å²) < 4.78 is 2.40. The summed E-state index contributed by atoms with van der Waals surface area (Å²) in [5, 5.41) is 0. The van der Waals surface area contributed by atoms with Gasteiger partial charge in [-0.1, -0.05) is 30.3 Å². The van der Waals surface area contributed by atoms with Gasteiger partial charge >= 0.3 is 0 Å². The van der Waals surface area contributed by atoms with Crippen LogP contribution in [0, 0.1) is 24.7 Å². The highest BCUT2D eigenvalue weighted by Crippen LogP contribution is 2.61. The molecule has 0 aliphatic heterocycles. The van der Waals surface area contributed by atoms with E-state index >= 15 is 0 Å². The molecular formula is C26H30N2S. The molecule has 2 nitrogen and oxygen atoms in total. The molecule has 2 heterocycles. The lowest BCUT2D eigenvalue weighted by molar-refractivity contribution is -0.00730. The van der Waals surface area contributed by atoms with Crippen LogP contribution in [0.5, 0.6) is 0 Å². The Hall–Kier alpha value is -1.74. The Bertz CT molecular complexity index is 1000. The van der Waals surface area contributed by atoms with Crippen LogP contribution >= 0.6 is 11.8 Å². The lowest BCUT2D eigenvalue weighted by atomic mass is 9.48. The summed E-state index contributed by atoms with van der Waals surface area (Å²) in [6.07, 6.45) is 10.9. The molecule has 3 aromatic rings. The van der Waals surface area contributed by atoms with Crippen LogP contribution in [0.15, 0.2) is 48.7 Å². The van der Waals surface area contributed by atoms with E-state index in [9.17, 15) is 0 Å². The standard InChI is InChI=1S/C26H30N2S/c1-18-7-8-28-23(17-29-16-19-5-3-2-4-6-19)25(27-24(28)9-18)26-13-20-10-21(14-26)12-22(11-20)15-26/h2-9,20-22H,10-17H2,1H3. The zero-order valence-corrected chi connectivity index (χ0v) is 18.1. The van der Waals surface area contributed by atoms with Crippen molar-refractivity contribution in [3.05, 3.63) is 71.2 Å². The van der Waals surface area contributed by atoms with E-state index in [-0.39, 0.29) is 0 Å². The average Bonchev–Trinajstić information content (AvgIpc) is 3.06. The van der Waals surface area contributed by atoms with Crippen molar-refractivity contribution < 1.29 is 0 Å². The first-order chi connectivity index (χ1) is 14.2. The molecule has 0 spiro atoms. The topological polar surface area (TPSA) is 17.3 Å². The number of imidazole rings is 1. The Morgan fingerprint density at radius 2 is 1.66 bits per heavy atom. The number of fused-ring (bicyclic) bond motifs is 1. The van der Waals surface area contributed by atoms with Gasteiger partial charge in [0.2, 0.25) is 0 Å². The number of hydrogen-bond acceptors (Lipinski definition) is 2. The Balaban J connectivity index is 1.37. The molecular weight excluding hydrogens is 372 g/mol. The van der Waals surface area contributed by atoms with Crippen molar-refractivity contribution >= 4 is 17.4 Å². The van der Waals surface area contributed by atoms with E-state index in [1.165, 1.54) is 61.0 Å². The fourth-order valence-electron chi connectivity index (χ4n) is 7.00. The van der Waals surface area contributed by atoms with Crippen molar-refractivity contribution in [1.82, 2.24) is 9.38 Å². The molecule has 0 N–H and O–H groups in total. The molecule has 4 bridgehead atoms. The normalized spacial score (nSPS) is 30.3. The second-order valence-electron chi connectivity index (χ2n) is 10.0. The number of benzene rings is 1. The zero-order valence-electron chi connectivity index (χ0n) is 17.3. The number of aryl methyl sites for hydroxylation is 1. The number of rotatable bonds is 5. The maximum Gasteiger partial charge on any atom is 0.137 e. The minimum atomic E-state index is 0.358. The van der Waals surface area contributed by atoms with Crippen molar-refractivity contribution in [3.63, 3.8) is 0 Å². The Morgan fingerprint density at radius 3 is 2.34 bits per heavy atom. The van der Waals surface area contributed by atoms with Gasteiger partial charge in [-0.2, -0.15) is 11.8 Å². The zero-order chi connectivity index (χ0) is 19.4. The summed E-state index contributed by atoms with van der Waals surface area (Å²) in [6.45, 7) is 2.18. The van der Waals surface area contributed by atoms with Gasteiger partial charge in [0.05, 0.1) is 11.4 Å². The van der Waals surface area contributed by atoms with Gasteiger partial charge < -0.3 is 4.40 Å². The van der Waals surface area contributed by atoms with Crippen LogP contribution in [0.2, 0.25) is 0 Å². The van der Waals surface area contributed by atoms with Gasteiger partial charge in [0, 0.05) is 23.1 Å². The molecule has 7 rings (SSSR count). The largest absolute Gasteiger partial charge is 0.303 e. The van der Waals surface area contributed by atoms with Crippen LogP contribution < -0.4 is 0 Å². The fourth-order valence-corrected chi connectivity index (χ4v) is 8.00. The summed E-state index contributed by atoms with van der Waals surface area (Å²) in [4.78, 5) is 5.34. The van der Waals surface area contributed by atoms with E-state index in [1.807, 2.05) is 11.8 Å². The van der Waals surface area contributed by atoms with E-state index in [0.717, 1.165) is 34.9 Å². The Kier molecular flexibility index (Phi) is 4.30. The van der Waals surface area contributed by atoms with Crippen LogP contribution in [0.3, 0.4) is 0 Å². The summed E-state index contributed by atoms with van der Waals surface area (Å²) in [5.74, 6) is 4.99. The van der Waals surface area contributed by atoms with Crippen LogP contribution in [0.4, 0.5) is 0 Å². The van der Waals surface area contributed by atoms with Crippen molar-refractivity contribution in [2.45, 2.75) is 62.4 Å². The first-order valence-electron chi connectivity index (χ1n) is 11.3. The number of aromatic nitrogens is 2. The highest BCUT2D eigenvalue weighted by Gasteiger charge is 2.53. The molecule has 4 aliphatic rings. The smallest absolute Gasteiger partial charge is 0.137 e. The van der Waals surface area contributed by atoms with Crippen molar-refractivity contribution in [2.75, 3.05) is 0 Å². The minimum absolute atomic E-state index is 0.358. The third-order valence-electron chi connectivity index (χ3n) is 7.77. The molecule has 0 unspecified atom stereocenters. The van der Waals surface area contributed by atoms with Crippen LogP contribution in [0.25, 0.3) is 5.65 Å². The predicted octanol–water partition coefficient (Wildman–Crippen LogP) is 6.54. The molecule has 0 saturated heterocycles. The second-order valence-corrected chi connectivity index (χ2v) is 11.0. The van der Waals surface area contributed by atoms with Crippen LogP contribution in [0.1, 0.15) is 61.0 Å². The molecule has 0 atom stereocenters. The summed E-state index contributed by atoms with van der Waals surface area (Å²) in [5.41, 5.74) is 7.18. The van der Waals surface area contributed by atoms with Gasteiger partial charge in [0.15, 0.2) is 0 Å². The Morgan fingerprint density at radius 1 is 0.966 bits per heavy atom. The fraction of sp³-hybridized carbons (Fsp3) is 0.500. The van der Waals surface area contributed by atoms with Gasteiger partial charge in [0.25, 0.3) is 0 Å². The SMILES string of the molecule is Cc1ccn2c(CSCc3ccccc3)c(C34CC5CC(CC(C5)C3)C4)nc2c1. The first-order valence-corrected chi connectivity index (χ1v) is 12.4. The molecule has 150 valence electrons. The van der Waals surface area contributed by atoms with Gasteiger partial charge in [-0.3, -0.25) is 0 Å². The third kappa shape index (κ3) is 3.13. The molecule has 1 aromatic carbocycles. The molecule has 3 heteroatoms. The van der Waals surface area contributed by atoms with Gasteiger partial charge in [0.1, 0.15) is 5.65 Å². The lowest BCUT2D eigenvalue weighted by Gasteiger charge is -2.56. The van der Waals surface area contributed by atoms with Crippen LogP contribution in [-0.4, -0.2) is 9.38 Å². The number of hydrogen-bond donors (Lipinski definition) is 0. The molecule has 29 heavy (non-hydrogen) atoms. The predicted molar refractivity (Wildman–Crippen MR) is 121 cm³/mol. The molecule has 2 aromatic heterocycles. The highest BCUT2D eigenvalue weighted by atomic mass is 32.2. The summed E-state index contributed by atoms with van der Waals surface area (Å²) >= 11 is 2.04. The van der Waals surface area contributed by atoms with Crippen molar-refractivity contribution in [3.8, 4) is 0 Å². The van der Waals surface area contributed by atoms with Crippen LogP contribution in [-0.2, 0) is 16.9 Å². The molecule has 4 aliphatic carbocycles. The van der Waals surface area contributed by atoms with E-state index in [1.54, 1.807) is 0 Å². The molecule has 0 amide bonds. The Labute approximate surface area is 178 Å². The average molecular weight is 403 g/mol. The molecule has 4 saturated carbocycles. The summed E-state index contributed by atoms with van der Waals surface area (Å²) in [6, 6.07) is 15.4. The van der Waals surface area contributed by atoms with E-state index in [0.29, 0.717) is 5.41 Å². The minimum Gasteiger partial charge on any atom is -0.303 e. The van der Waals surface area contributed by atoms with Gasteiger partial charge in [-0.15, -0.1) is 0 Å². The maximum atomic E-state index is 5.34. The third-order valence-corrected chi connectivity index (χ3v) is 8.79. The van der Waals surface area contributed by atoms with Crippen molar-refractivity contribution in [2.24, 2.45) is 17.8 Å². The second kappa shape index (κ2) is 6.91. The van der Waals surface area contributed by atoms with E-state index in [2.05, 4.69) is 60.0 Å². The number of thioether (sulfide) groups is 1. The highest BCUT2D eigenvalue weighted by molar-refractivity contribution is 7.97. The maximum absolute atomic E-state index is 5.34. The van der Waals surface area contributed by atoms with Crippen molar-refractivity contribution in [1.29, 1.82) is 0 Å². The number of nitrogens with zero attached hydrogens (tertiary/aromatic N) is 2. The van der Waals surface area contributed by atoms with Gasteiger partial charge in [-0.05, 0) is 86.5 Å². The summed E-state index contributed by atoms with van der Waals surface area (Å²) in [7, 11) is 0. The quantitative estimate of drug-likeness (QED) is 0.482. The molecule has 0 radical (unpaired) electrons. The number of pyridine rings is 1. The monoisotopic (exact) mass is 402 g/mol. The van der Waals surface area contributed by atoms with Gasteiger partial charge in [-0.25, -0.2) is 4.98 Å². The first kappa shape index (κ1) is 18.1. The van der Waals surface area contributed by atoms with E-state index in [4.69, 9.17) is 4.98 Å². The van der Waals surface area contributed by atoms with E-state index < -0.39 is 0 Å². The molecule has 4 fully saturated rings.